The van der Waals surface area contributed by atoms with E-state index in [0.29, 0.717) is 17.4 Å². The molecule has 0 aromatic rings. The van der Waals surface area contributed by atoms with Crippen LogP contribution in [-0.2, 0) is 18.4 Å². The molecule has 0 saturated carbocycles. The smallest absolute Gasteiger partial charge is 0.268 e. The minimum absolute atomic E-state index is 0.0102. The van der Waals surface area contributed by atoms with Gasteiger partial charge in [-0.2, -0.15) is 0 Å². The molecule has 0 radical (unpaired) electrons. The normalized spacial score (nSPS) is 16.6. The lowest BCUT2D eigenvalue weighted by Gasteiger charge is -2.30. The number of unbranched alkanes of at least 4 members (excludes halogenated alkanes) is 4. The van der Waals surface area contributed by atoms with Crippen LogP contribution in [0.3, 0.4) is 0 Å². The third kappa shape index (κ3) is 15.1. The van der Waals surface area contributed by atoms with Crippen LogP contribution in [0.4, 0.5) is 0 Å². The highest BCUT2D eigenvalue weighted by Gasteiger charge is 2.23. The Morgan fingerprint density at radius 2 is 1.78 bits per heavy atom. The molecule has 0 spiro atoms. The van der Waals surface area contributed by atoms with E-state index in [-0.39, 0.29) is 25.5 Å². The van der Waals surface area contributed by atoms with Crippen molar-refractivity contribution in [2.45, 2.75) is 70.9 Å². The largest absolute Gasteiger partial charge is 0.756 e. The predicted octanol–water partition coefficient (Wildman–Crippen LogP) is 1.81. The van der Waals surface area contributed by atoms with Crippen molar-refractivity contribution >= 4 is 13.7 Å². The molecule has 0 heterocycles. The van der Waals surface area contributed by atoms with Crippen LogP contribution in [0.1, 0.15) is 58.8 Å². The Bertz CT molecular complexity index is 456. The summed E-state index contributed by atoms with van der Waals surface area (Å²) in [5.74, 6) is -0.264. The Morgan fingerprint density at radius 3 is 2.33 bits per heavy atom. The Hall–Kier alpha value is -0.500. The molecule has 3 atom stereocenters. The van der Waals surface area contributed by atoms with E-state index in [4.69, 9.17) is 9.05 Å². The minimum Gasteiger partial charge on any atom is -0.756 e. The van der Waals surface area contributed by atoms with E-state index in [9.17, 15) is 19.4 Å². The number of carbonyl (C=O) groups excluding carboxylic acids is 1. The second-order valence-corrected chi connectivity index (χ2v) is 9.30. The lowest BCUT2D eigenvalue weighted by molar-refractivity contribution is -0.870. The van der Waals surface area contributed by atoms with Gasteiger partial charge in [0, 0.05) is 6.42 Å². The summed E-state index contributed by atoms with van der Waals surface area (Å²) in [5, 5.41) is 13.0. The zero-order valence-electron chi connectivity index (χ0n) is 17.6. The molecule has 0 aliphatic rings. The second kappa shape index (κ2) is 13.6. The summed E-state index contributed by atoms with van der Waals surface area (Å²) in [4.78, 5) is 23.6. The van der Waals surface area contributed by atoms with Crippen LogP contribution in [0, 0.1) is 0 Å². The van der Waals surface area contributed by atoms with Gasteiger partial charge in [-0.15, -0.1) is 0 Å². The number of carbonyl (C=O) groups is 1. The maximum Gasteiger partial charge on any atom is 0.268 e. The van der Waals surface area contributed by atoms with Gasteiger partial charge in [0.2, 0.25) is 5.91 Å². The molecule has 0 aromatic heterocycles. The molecular weight excluding hydrogens is 371 g/mol. The first-order chi connectivity index (χ1) is 12.5. The molecular formula is C18H39N2O6P. The highest BCUT2D eigenvalue weighted by Crippen LogP contribution is 2.38. The van der Waals surface area contributed by atoms with Gasteiger partial charge in [0.05, 0.1) is 39.9 Å². The number of amides is 1. The SMILES string of the molecule is CCCCCCCC(O)C(COP(=O)([O-])OCC[N+](C)(C)C)NC(=O)CC. The average Bonchev–Trinajstić information content (AvgIpc) is 2.56. The van der Waals surface area contributed by atoms with Crippen molar-refractivity contribution in [1.29, 1.82) is 0 Å². The fourth-order valence-electron chi connectivity index (χ4n) is 2.35. The number of phosphoric ester groups is 1. The summed E-state index contributed by atoms with van der Waals surface area (Å²) >= 11 is 0. The molecule has 0 aliphatic carbocycles. The number of phosphoric acid groups is 1. The number of aliphatic hydroxyl groups excluding tert-OH is 1. The van der Waals surface area contributed by atoms with Crippen molar-refractivity contribution < 1.29 is 32.9 Å². The van der Waals surface area contributed by atoms with Crippen LogP contribution in [0.2, 0.25) is 0 Å². The van der Waals surface area contributed by atoms with Gasteiger partial charge < -0.3 is 28.8 Å². The van der Waals surface area contributed by atoms with Gasteiger partial charge in [0.15, 0.2) is 0 Å². The molecule has 2 N–H and O–H groups in total. The zero-order valence-corrected chi connectivity index (χ0v) is 18.5. The lowest BCUT2D eigenvalue weighted by Crippen LogP contribution is -2.46. The molecule has 0 bridgehead atoms. The third-order valence-electron chi connectivity index (χ3n) is 4.16. The third-order valence-corrected chi connectivity index (χ3v) is 5.12. The molecule has 9 heteroatoms. The fraction of sp³-hybridized carbons (Fsp3) is 0.944. The second-order valence-electron chi connectivity index (χ2n) is 7.89. The standard InChI is InChI=1S/C18H39N2O6P/c1-6-8-9-10-11-12-17(21)16(19-18(22)7-2)15-26-27(23,24)25-14-13-20(3,4)5/h16-17,21H,6-15H2,1-5H3,(H-,19,22,23,24). The zero-order chi connectivity index (χ0) is 20.9. The summed E-state index contributed by atoms with van der Waals surface area (Å²) < 4.78 is 22.2. The van der Waals surface area contributed by atoms with Gasteiger partial charge in [0.1, 0.15) is 13.2 Å². The first-order valence-electron chi connectivity index (χ1n) is 9.88. The van der Waals surface area contributed by atoms with E-state index in [1.165, 1.54) is 0 Å². The summed E-state index contributed by atoms with van der Waals surface area (Å²) in [5.41, 5.74) is 0. The lowest BCUT2D eigenvalue weighted by atomic mass is 10.0. The van der Waals surface area contributed by atoms with Crippen LogP contribution < -0.4 is 10.2 Å². The number of nitrogens with one attached hydrogen (secondary N) is 1. The van der Waals surface area contributed by atoms with E-state index in [2.05, 4.69) is 12.2 Å². The molecule has 8 nitrogen and oxygen atoms in total. The Morgan fingerprint density at radius 1 is 1.15 bits per heavy atom. The van der Waals surface area contributed by atoms with E-state index in [0.717, 1.165) is 32.1 Å². The molecule has 3 unspecified atom stereocenters. The molecule has 1 amide bonds. The summed E-state index contributed by atoms with van der Waals surface area (Å²) in [6.45, 7) is 4.00. The number of hydrogen-bond acceptors (Lipinski definition) is 6. The molecule has 0 aliphatic heterocycles. The highest BCUT2D eigenvalue weighted by molar-refractivity contribution is 7.45. The Balaban J connectivity index is 4.52. The molecule has 0 rings (SSSR count). The summed E-state index contributed by atoms with van der Waals surface area (Å²) in [7, 11) is 1.28. The van der Waals surface area contributed by atoms with Crippen molar-refractivity contribution in [3.63, 3.8) is 0 Å². The Labute approximate surface area is 164 Å². The molecule has 0 aromatic carbocycles. The number of nitrogens with zero attached hydrogens (tertiary/aromatic N) is 1. The fourth-order valence-corrected chi connectivity index (χ4v) is 3.07. The van der Waals surface area contributed by atoms with Crippen molar-refractivity contribution in [2.75, 3.05) is 40.9 Å². The summed E-state index contributed by atoms with van der Waals surface area (Å²) in [6, 6.07) is -0.784. The van der Waals surface area contributed by atoms with Crippen LogP contribution in [-0.4, -0.2) is 68.5 Å². The Kier molecular flexibility index (Phi) is 13.4. The van der Waals surface area contributed by atoms with E-state index in [1.807, 2.05) is 21.1 Å². The maximum absolute atomic E-state index is 11.9. The highest BCUT2D eigenvalue weighted by atomic mass is 31.2. The molecule has 0 fully saturated rings. The topological polar surface area (TPSA) is 108 Å². The molecule has 27 heavy (non-hydrogen) atoms. The quantitative estimate of drug-likeness (QED) is 0.228. The maximum atomic E-state index is 11.9. The van der Waals surface area contributed by atoms with E-state index < -0.39 is 20.0 Å². The number of likely N-dealkylation sites (N-methyl/N-ethyl adjacent to an activating group) is 1. The summed E-state index contributed by atoms with van der Waals surface area (Å²) in [6.07, 6.45) is 5.05. The average molecular weight is 410 g/mol. The van der Waals surface area contributed by atoms with Crippen molar-refractivity contribution in [3.8, 4) is 0 Å². The van der Waals surface area contributed by atoms with Crippen molar-refractivity contribution in [3.05, 3.63) is 0 Å². The van der Waals surface area contributed by atoms with Crippen LogP contribution in [0.15, 0.2) is 0 Å². The number of aliphatic hydroxyl groups is 1. The number of hydrogen-bond donors (Lipinski definition) is 2. The van der Waals surface area contributed by atoms with E-state index >= 15 is 0 Å². The number of quaternary nitrogens is 1. The van der Waals surface area contributed by atoms with Crippen LogP contribution >= 0.6 is 7.82 Å². The predicted molar refractivity (Wildman–Crippen MR) is 104 cm³/mol. The minimum atomic E-state index is -4.49. The first kappa shape index (κ1) is 26.5. The van der Waals surface area contributed by atoms with Gasteiger partial charge in [0.25, 0.3) is 7.82 Å². The van der Waals surface area contributed by atoms with E-state index in [1.54, 1.807) is 6.92 Å². The van der Waals surface area contributed by atoms with Gasteiger partial charge >= 0.3 is 0 Å². The molecule has 0 saturated heterocycles. The van der Waals surface area contributed by atoms with Gasteiger partial charge in [-0.3, -0.25) is 9.36 Å². The van der Waals surface area contributed by atoms with Gasteiger partial charge in [-0.1, -0.05) is 46.0 Å². The first-order valence-corrected chi connectivity index (χ1v) is 11.3. The van der Waals surface area contributed by atoms with Gasteiger partial charge in [-0.05, 0) is 6.42 Å². The van der Waals surface area contributed by atoms with Crippen LogP contribution in [0.5, 0.6) is 0 Å². The monoisotopic (exact) mass is 410 g/mol. The van der Waals surface area contributed by atoms with Crippen LogP contribution in [0.25, 0.3) is 0 Å². The van der Waals surface area contributed by atoms with Crippen molar-refractivity contribution in [1.82, 2.24) is 5.32 Å². The van der Waals surface area contributed by atoms with Crippen molar-refractivity contribution in [2.24, 2.45) is 0 Å². The van der Waals surface area contributed by atoms with Gasteiger partial charge in [-0.25, -0.2) is 0 Å². The molecule has 162 valence electrons. The number of rotatable bonds is 16.